The average molecular weight is 356 g/mol. The molecular weight excluding hydrogens is 337 g/mol. The molecular formula is C13H19Cl2NO4S. The first-order valence-electron chi connectivity index (χ1n) is 6.35. The molecule has 0 bridgehead atoms. The Kier molecular flexibility index (Phi) is 6.90. The lowest BCUT2D eigenvalue weighted by Gasteiger charge is -2.25. The Balaban J connectivity index is 3.00. The van der Waals surface area contributed by atoms with E-state index in [1.165, 1.54) is 7.11 Å². The van der Waals surface area contributed by atoms with Crippen LogP contribution in [-0.4, -0.2) is 27.7 Å². The van der Waals surface area contributed by atoms with Crippen molar-refractivity contribution in [3.8, 4) is 0 Å². The fourth-order valence-corrected chi connectivity index (χ4v) is 3.64. The summed E-state index contributed by atoms with van der Waals surface area (Å²) < 4.78 is 36.4. The van der Waals surface area contributed by atoms with Gasteiger partial charge < -0.3 is 4.74 Å². The summed E-state index contributed by atoms with van der Waals surface area (Å²) in [6.07, 6.45) is -1.52. The molecule has 21 heavy (non-hydrogen) atoms. The monoisotopic (exact) mass is 355 g/mol. The molecule has 8 heteroatoms. The summed E-state index contributed by atoms with van der Waals surface area (Å²) in [4.78, 5) is 0. The van der Waals surface area contributed by atoms with Crippen molar-refractivity contribution in [2.45, 2.75) is 39.0 Å². The largest absolute Gasteiger partial charge is 0.374 e. The summed E-state index contributed by atoms with van der Waals surface area (Å²) in [6, 6.07) is 4.74. The molecule has 2 atom stereocenters. The highest BCUT2D eigenvalue weighted by molar-refractivity contribution is 7.84. The quantitative estimate of drug-likeness (QED) is 0.814. The van der Waals surface area contributed by atoms with Crippen molar-refractivity contribution in [1.29, 1.82) is 0 Å². The zero-order valence-electron chi connectivity index (χ0n) is 12.3. The Hall–Kier alpha value is -0.370. The SMILES string of the molecule is CO[C@@H](c1c(Cl)cccc1Cl)[C@H](C)OS(=O)(=O)NC(C)C. The van der Waals surface area contributed by atoms with Gasteiger partial charge in [0.1, 0.15) is 12.2 Å². The highest BCUT2D eigenvalue weighted by Crippen LogP contribution is 2.35. The van der Waals surface area contributed by atoms with Gasteiger partial charge in [0.05, 0.1) is 0 Å². The summed E-state index contributed by atoms with van der Waals surface area (Å²) in [5.74, 6) is 0. The van der Waals surface area contributed by atoms with Gasteiger partial charge in [0.15, 0.2) is 0 Å². The fourth-order valence-electron chi connectivity index (χ4n) is 1.89. The smallest absolute Gasteiger partial charge is 0.336 e. The lowest BCUT2D eigenvalue weighted by Crippen LogP contribution is -2.36. The first kappa shape index (κ1) is 18.7. The number of nitrogens with one attached hydrogen (secondary N) is 1. The highest BCUT2D eigenvalue weighted by Gasteiger charge is 2.28. The maximum absolute atomic E-state index is 11.8. The number of hydrogen-bond acceptors (Lipinski definition) is 4. The first-order valence-corrected chi connectivity index (χ1v) is 8.51. The minimum atomic E-state index is -3.89. The van der Waals surface area contributed by atoms with Crippen LogP contribution in [0.2, 0.25) is 10.0 Å². The predicted octanol–water partition coefficient (Wildman–Crippen LogP) is 3.33. The molecule has 1 aromatic carbocycles. The third-order valence-electron chi connectivity index (χ3n) is 2.62. The number of ether oxygens (including phenoxy) is 1. The van der Waals surface area contributed by atoms with Crippen molar-refractivity contribution in [3.05, 3.63) is 33.8 Å². The van der Waals surface area contributed by atoms with Gasteiger partial charge in [-0.15, -0.1) is 0 Å². The molecule has 1 aromatic rings. The van der Waals surface area contributed by atoms with Crippen LogP contribution in [0.5, 0.6) is 0 Å². The summed E-state index contributed by atoms with van der Waals surface area (Å²) >= 11 is 12.2. The fraction of sp³-hybridized carbons (Fsp3) is 0.538. The third kappa shape index (κ3) is 5.39. The lowest BCUT2D eigenvalue weighted by atomic mass is 10.1. The molecule has 0 radical (unpaired) electrons. The van der Waals surface area contributed by atoms with Crippen LogP contribution in [-0.2, 0) is 19.2 Å². The van der Waals surface area contributed by atoms with E-state index in [9.17, 15) is 8.42 Å². The minimum absolute atomic E-state index is 0.271. The van der Waals surface area contributed by atoms with Crippen LogP contribution in [0, 0.1) is 0 Å². The molecule has 1 rings (SSSR count). The van der Waals surface area contributed by atoms with E-state index in [2.05, 4.69) is 4.72 Å². The van der Waals surface area contributed by atoms with Gasteiger partial charge in [-0.05, 0) is 32.9 Å². The topological polar surface area (TPSA) is 64.6 Å². The molecule has 0 aliphatic heterocycles. The van der Waals surface area contributed by atoms with Crippen LogP contribution < -0.4 is 4.72 Å². The van der Waals surface area contributed by atoms with Crippen LogP contribution in [0.15, 0.2) is 18.2 Å². The van der Waals surface area contributed by atoms with Gasteiger partial charge in [-0.25, -0.2) is 0 Å². The summed E-state index contributed by atoms with van der Waals surface area (Å²) in [7, 11) is -2.45. The molecule has 0 unspecified atom stereocenters. The van der Waals surface area contributed by atoms with Crippen LogP contribution in [0.4, 0.5) is 0 Å². The number of rotatable bonds is 7. The van der Waals surface area contributed by atoms with Gasteiger partial charge in [-0.1, -0.05) is 29.3 Å². The van der Waals surface area contributed by atoms with Crippen LogP contribution in [0.1, 0.15) is 32.4 Å². The second kappa shape index (κ2) is 7.76. The van der Waals surface area contributed by atoms with Crippen molar-refractivity contribution in [1.82, 2.24) is 4.72 Å². The molecule has 0 fully saturated rings. The molecule has 0 amide bonds. The van der Waals surface area contributed by atoms with Gasteiger partial charge in [-0.2, -0.15) is 13.1 Å². The molecule has 0 heterocycles. The van der Waals surface area contributed by atoms with Gasteiger partial charge in [-0.3, -0.25) is 4.18 Å². The Morgan fingerprint density at radius 2 is 1.67 bits per heavy atom. The molecule has 0 saturated heterocycles. The lowest BCUT2D eigenvalue weighted by molar-refractivity contribution is 0.0118. The van der Waals surface area contributed by atoms with E-state index in [-0.39, 0.29) is 6.04 Å². The highest BCUT2D eigenvalue weighted by atomic mass is 35.5. The van der Waals surface area contributed by atoms with Gasteiger partial charge >= 0.3 is 10.3 Å². The molecule has 0 spiro atoms. The van der Waals surface area contributed by atoms with E-state index in [1.54, 1.807) is 39.0 Å². The molecule has 0 aliphatic carbocycles. The molecule has 5 nitrogen and oxygen atoms in total. The molecule has 1 N–H and O–H groups in total. The Morgan fingerprint density at radius 1 is 1.14 bits per heavy atom. The molecule has 0 saturated carbocycles. The standard InChI is InChI=1S/C13H19Cl2NO4S/c1-8(2)16-21(17,18)20-9(3)13(19-4)12-10(14)6-5-7-11(12)15/h5-9,13,16H,1-4H3/t9-,13+/m0/s1. The minimum Gasteiger partial charge on any atom is -0.374 e. The van der Waals surface area contributed by atoms with Crippen molar-refractivity contribution in [3.63, 3.8) is 0 Å². The second-order valence-electron chi connectivity index (χ2n) is 4.82. The summed E-state index contributed by atoms with van der Waals surface area (Å²) in [5.41, 5.74) is 0.496. The maximum atomic E-state index is 11.8. The molecule has 120 valence electrons. The number of methoxy groups -OCH3 is 1. The number of benzene rings is 1. The number of hydrogen-bond donors (Lipinski definition) is 1. The number of halogens is 2. The Labute approximate surface area is 135 Å². The van der Waals surface area contributed by atoms with Crippen molar-refractivity contribution >= 4 is 33.5 Å². The maximum Gasteiger partial charge on any atom is 0.336 e. The van der Waals surface area contributed by atoms with E-state index < -0.39 is 22.5 Å². The average Bonchev–Trinajstić information content (AvgIpc) is 2.31. The van der Waals surface area contributed by atoms with Crippen molar-refractivity contribution in [2.24, 2.45) is 0 Å². The van der Waals surface area contributed by atoms with E-state index >= 15 is 0 Å². The van der Waals surface area contributed by atoms with Crippen molar-refractivity contribution in [2.75, 3.05) is 7.11 Å². The normalized spacial score (nSPS) is 15.2. The zero-order chi connectivity index (χ0) is 16.2. The molecule has 0 aromatic heterocycles. The summed E-state index contributed by atoms with van der Waals surface area (Å²) in [5, 5.41) is 0.776. The van der Waals surface area contributed by atoms with E-state index in [0.717, 1.165) is 0 Å². The Bertz CT molecular complexity index is 557. The van der Waals surface area contributed by atoms with Crippen LogP contribution in [0.25, 0.3) is 0 Å². The zero-order valence-corrected chi connectivity index (χ0v) is 14.6. The van der Waals surface area contributed by atoms with Gasteiger partial charge in [0.25, 0.3) is 0 Å². The predicted molar refractivity (Wildman–Crippen MR) is 84.0 cm³/mol. The first-order chi connectivity index (χ1) is 9.68. The second-order valence-corrected chi connectivity index (χ2v) is 6.97. The van der Waals surface area contributed by atoms with Gasteiger partial charge in [0, 0.05) is 28.8 Å². The van der Waals surface area contributed by atoms with E-state index in [4.69, 9.17) is 32.1 Å². The van der Waals surface area contributed by atoms with Gasteiger partial charge in [0.2, 0.25) is 0 Å². The van der Waals surface area contributed by atoms with Crippen molar-refractivity contribution < 1.29 is 17.3 Å². The van der Waals surface area contributed by atoms with E-state index in [0.29, 0.717) is 15.6 Å². The van der Waals surface area contributed by atoms with Crippen LogP contribution >= 0.6 is 23.2 Å². The van der Waals surface area contributed by atoms with Crippen LogP contribution in [0.3, 0.4) is 0 Å². The third-order valence-corrected chi connectivity index (χ3v) is 4.60. The molecule has 0 aliphatic rings. The Morgan fingerprint density at radius 3 is 2.10 bits per heavy atom. The summed E-state index contributed by atoms with van der Waals surface area (Å²) in [6.45, 7) is 4.97. The van der Waals surface area contributed by atoms with E-state index in [1.807, 2.05) is 0 Å².